The number of piperidine rings is 1. The van der Waals surface area contributed by atoms with E-state index in [4.69, 9.17) is 20.4 Å². The first kappa shape index (κ1) is 36.9. The Morgan fingerprint density at radius 3 is 2.62 bits per heavy atom. The van der Waals surface area contributed by atoms with Crippen molar-refractivity contribution in [1.29, 1.82) is 5.26 Å². The number of nitriles is 1. The van der Waals surface area contributed by atoms with Crippen LogP contribution in [-0.2, 0) is 22.9 Å². The van der Waals surface area contributed by atoms with E-state index in [-0.39, 0.29) is 54.0 Å². The van der Waals surface area contributed by atoms with Crippen molar-refractivity contribution in [2.75, 3.05) is 31.6 Å². The molecule has 14 nitrogen and oxygen atoms in total. The zero-order valence-corrected chi connectivity index (χ0v) is 34.2. The number of imidazole rings is 1. The third-order valence-corrected chi connectivity index (χ3v) is 15.8. The Morgan fingerprint density at radius 1 is 1.07 bits per heavy atom. The first-order valence-corrected chi connectivity index (χ1v) is 21.9. The number of carbonyl (C=O) groups is 1. The van der Waals surface area contributed by atoms with Gasteiger partial charge in [-0.15, -0.1) is 0 Å². The number of nitrogens with zero attached hydrogens (tertiary/aromatic N) is 9. The quantitative estimate of drug-likeness (QED) is 0.182. The lowest BCUT2D eigenvalue weighted by Gasteiger charge is -2.31. The maximum Gasteiger partial charge on any atom is 0.254 e. The molecule has 6 heterocycles. The second-order valence-corrected chi connectivity index (χ2v) is 19.5. The number of sulfone groups is 1. The molecule has 58 heavy (non-hydrogen) atoms. The number of methoxy groups -OCH3 is 1. The molecule has 2 N–H and O–H groups in total. The SMILES string of the molecule is COc1cc(C(=O)N2CC3CCC2[C@@H]3N)cc2nc(-c3cc4cccnc4n3CC3CC3)n(C[C@]3(S(=O)(=O)c4ccc(Br)cc4)CCN(c4cncc(C#N)n4)C3)c12. The van der Waals surface area contributed by atoms with Gasteiger partial charge in [0.15, 0.2) is 21.4 Å². The maximum absolute atomic E-state index is 15.3. The van der Waals surface area contributed by atoms with Crippen LogP contribution in [0, 0.1) is 23.2 Å². The average Bonchev–Trinajstić information content (AvgIpc) is 3.51. The summed E-state index contributed by atoms with van der Waals surface area (Å²) in [7, 11) is -2.52. The Hall–Kier alpha value is -5.37. The van der Waals surface area contributed by atoms with Crippen molar-refractivity contribution < 1.29 is 17.9 Å². The van der Waals surface area contributed by atoms with Gasteiger partial charge >= 0.3 is 0 Å². The molecule has 4 aromatic heterocycles. The molecule has 0 spiro atoms. The normalized spacial score (nSPS) is 23.0. The van der Waals surface area contributed by atoms with Gasteiger partial charge in [-0.2, -0.15) is 5.26 Å². The monoisotopic (exact) mass is 860 g/mol. The third kappa shape index (κ3) is 5.96. The van der Waals surface area contributed by atoms with Crippen LogP contribution in [0.3, 0.4) is 0 Å². The number of ether oxygens (including phenoxy) is 1. The molecule has 0 radical (unpaired) electrons. The number of benzene rings is 2. The summed E-state index contributed by atoms with van der Waals surface area (Å²) in [6.45, 7) is 1.77. The summed E-state index contributed by atoms with van der Waals surface area (Å²) in [5.74, 6) is 2.05. The summed E-state index contributed by atoms with van der Waals surface area (Å²) in [5.41, 5.74) is 9.84. The molecular weight excluding hydrogens is 820 g/mol. The van der Waals surface area contributed by atoms with Crippen LogP contribution in [0.25, 0.3) is 33.6 Å². The zero-order chi connectivity index (χ0) is 39.9. The van der Waals surface area contributed by atoms with Gasteiger partial charge in [-0.3, -0.25) is 9.78 Å². The number of hydrogen-bond donors (Lipinski definition) is 1. The van der Waals surface area contributed by atoms with Gasteiger partial charge in [-0.1, -0.05) is 15.9 Å². The van der Waals surface area contributed by atoms with Gasteiger partial charge in [0.2, 0.25) is 0 Å². The van der Waals surface area contributed by atoms with Gasteiger partial charge in [0, 0.05) is 66.4 Å². The number of aromatic nitrogens is 6. The molecule has 2 bridgehead atoms. The molecule has 6 aromatic rings. The molecule has 2 aliphatic heterocycles. The number of rotatable bonds is 10. The van der Waals surface area contributed by atoms with Gasteiger partial charge in [0.05, 0.1) is 35.6 Å². The number of anilines is 1. The molecule has 2 saturated heterocycles. The van der Waals surface area contributed by atoms with Crippen LogP contribution in [-0.4, -0.2) is 91.9 Å². The number of nitrogens with two attached hydrogens (primary N) is 1. The lowest BCUT2D eigenvalue weighted by atomic mass is 10.1. The van der Waals surface area contributed by atoms with Crippen molar-refractivity contribution in [3.63, 3.8) is 0 Å². The maximum atomic E-state index is 15.3. The van der Waals surface area contributed by atoms with Crippen LogP contribution >= 0.6 is 15.9 Å². The standard InChI is InChI=1S/C42H41BrN10O4S/c1-57-35-17-28(41(54)52-22-27-6-11-33(52)37(27)45)15-32-38(35)53(40(49-32)34-16-26-3-2-13-47-39(26)51(34)21-25-4-5-25)24-42(58(55,56)31-9-7-29(43)8-10-31)12-14-50(23-42)36-20-46-19-30(18-44)48-36/h2-3,7-10,13,15-17,19-20,25,27,33,37H,4-6,11-12,14,21-24,45H2,1H3/t27?,33?,37-,42+/m1/s1. The molecule has 16 heteroatoms. The molecule has 1 amide bonds. The van der Waals surface area contributed by atoms with Crippen LogP contribution in [0.5, 0.6) is 5.75 Å². The van der Waals surface area contributed by atoms with Gasteiger partial charge < -0.3 is 29.4 Å². The van der Waals surface area contributed by atoms with E-state index in [1.807, 2.05) is 32.6 Å². The third-order valence-electron chi connectivity index (χ3n) is 12.7. The van der Waals surface area contributed by atoms with E-state index in [1.165, 1.54) is 6.20 Å². The van der Waals surface area contributed by atoms with Crippen molar-refractivity contribution in [2.45, 2.75) is 66.9 Å². The molecule has 2 saturated carbocycles. The van der Waals surface area contributed by atoms with Crippen molar-refractivity contribution >= 4 is 59.6 Å². The smallest absolute Gasteiger partial charge is 0.254 e. The highest BCUT2D eigenvalue weighted by Gasteiger charge is 2.52. The van der Waals surface area contributed by atoms with Crippen LogP contribution in [0.15, 0.2) is 82.6 Å². The number of pyridine rings is 1. The Kier molecular flexibility index (Phi) is 8.84. The second kappa shape index (κ2) is 13.9. The molecule has 2 aliphatic carbocycles. The largest absolute Gasteiger partial charge is 0.494 e. The van der Waals surface area contributed by atoms with E-state index in [2.05, 4.69) is 42.6 Å². The summed E-state index contributed by atoms with van der Waals surface area (Å²) < 4.78 is 40.3. The fourth-order valence-corrected chi connectivity index (χ4v) is 11.8. The predicted octanol–water partition coefficient (Wildman–Crippen LogP) is 5.58. The minimum absolute atomic E-state index is 0.00807. The molecule has 10 rings (SSSR count). The highest BCUT2D eigenvalue weighted by molar-refractivity contribution is 9.10. The van der Waals surface area contributed by atoms with Crippen molar-refractivity contribution in [2.24, 2.45) is 17.6 Å². The molecule has 2 aromatic carbocycles. The second-order valence-electron chi connectivity index (χ2n) is 16.2. The van der Waals surface area contributed by atoms with Crippen LogP contribution in [0.2, 0.25) is 0 Å². The number of fused-ring (bicyclic) bond motifs is 4. The summed E-state index contributed by atoms with van der Waals surface area (Å²) in [6.07, 6.45) is 9.11. The van der Waals surface area contributed by atoms with Crippen LogP contribution in [0.1, 0.15) is 48.2 Å². The number of carbonyl (C=O) groups excluding carboxylic acids is 1. The van der Waals surface area contributed by atoms with Crippen molar-refractivity contribution in [3.8, 4) is 23.3 Å². The topological polar surface area (TPSA) is 178 Å². The molecule has 296 valence electrons. The average molecular weight is 862 g/mol. The summed E-state index contributed by atoms with van der Waals surface area (Å²) in [5, 5.41) is 10.6. The van der Waals surface area contributed by atoms with Gasteiger partial charge in [-0.25, -0.2) is 23.4 Å². The fraction of sp³-hybridized carbons (Fsp3) is 0.381. The first-order chi connectivity index (χ1) is 28.1. The van der Waals surface area contributed by atoms with Gasteiger partial charge in [0.25, 0.3) is 5.91 Å². The first-order valence-electron chi connectivity index (χ1n) is 19.6. The zero-order valence-electron chi connectivity index (χ0n) is 31.8. The van der Waals surface area contributed by atoms with Crippen LogP contribution in [0.4, 0.5) is 5.82 Å². The van der Waals surface area contributed by atoms with Gasteiger partial charge in [-0.05, 0) is 98.5 Å². The van der Waals surface area contributed by atoms with E-state index in [9.17, 15) is 10.1 Å². The molecule has 4 atom stereocenters. The molecule has 4 fully saturated rings. The lowest BCUT2D eigenvalue weighted by Crippen LogP contribution is -2.45. The summed E-state index contributed by atoms with van der Waals surface area (Å²) in [6, 6.07) is 18.3. The predicted molar refractivity (Wildman–Crippen MR) is 221 cm³/mol. The minimum atomic E-state index is -4.08. The van der Waals surface area contributed by atoms with E-state index in [1.54, 1.807) is 49.8 Å². The Balaban J connectivity index is 1.18. The van der Waals surface area contributed by atoms with E-state index in [0.29, 0.717) is 53.0 Å². The van der Waals surface area contributed by atoms with E-state index < -0.39 is 14.6 Å². The highest BCUT2D eigenvalue weighted by Crippen LogP contribution is 2.44. The summed E-state index contributed by atoms with van der Waals surface area (Å²) in [4.78, 5) is 37.1. The number of halogens is 1. The van der Waals surface area contributed by atoms with Crippen molar-refractivity contribution in [3.05, 3.63) is 88.9 Å². The minimum Gasteiger partial charge on any atom is -0.494 e. The lowest BCUT2D eigenvalue weighted by molar-refractivity contribution is 0.0700. The number of amides is 1. The van der Waals surface area contributed by atoms with E-state index in [0.717, 1.165) is 53.4 Å². The molecular formula is C42H41BrN10O4S. The Bertz CT molecular complexity index is 2780. The van der Waals surface area contributed by atoms with E-state index >= 15 is 8.42 Å². The Labute approximate surface area is 343 Å². The number of hydrogen-bond acceptors (Lipinski definition) is 11. The molecule has 2 unspecified atom stereocenters. The van der Waals surface area contributed by atoms with Crippen LogP contribution < -0.4 is 15.4 Å². The highest BCUT2D eigenvalue weighted by atomic mass is 79.9. The molecule has 4 aliphatic rings. The number of likely N-dealkylation sites (tertiary alicyclic amines) is 1. The summed E-state index contributed by atoms with van der Waals surface area (Å²) >= 11 is 3.47. The Morgan fingerprint density at radius 2 is 1.90 bits per heavy atom. The van der Waals surface area contributed by atoms with Gasteiger partial charge in [0.1, 0.15) is 33.5 Å². The fourth-order valence-electron chi connectivity index (χ4n) is 9.51. The van der Waals surface area contributed by atoms with Crippen molar-refractivity contribution in [1.82, 2.24) is 34.0 Å².